The van der Waals surface area contributed by atoms with Crippen LogP contribution in [-0.4, -0.2) is 67.0 Å². The Balaban J connectivity index is 1.67. The summed E-state index contributed by atoms with van der Waals surface area (Å²) in [5, 5.41) is 10.9. The summed E-state index contributed by atoms with van der Waals surface area (Å²) in [5.74, 6) is -2.15. The number of alkyl halides is 3. The van der Waals surface area contributed by atoms with Crippen LogP contribution in [0.1, 0.15) is 25.3 Å². The van der Waals surface area contributed by atoms with E-state index in [1.54, 1.807) is 6.92 Å². The quantitative estimate of drug-likeness (QED) is 0.444. The van der Waals surface area contributed by atoms with E-state index in [1.807, 2.05) is 0 Å². The van der Waals surface area contributed by atoms with Gasteiger partial charge in [0, 0.05) is 55.8 Å². The third-order valence-electron chi connectivity index (χ3n) is 6.34. The number of hydrogen-bond donors (Lipinski definition) is 0. The maximum absolute atomic E-state index is 13.3. The first kappa shape index (κ1) is 25.1. The molecule has 0 bridgehead atoms. The van der Waals surface area contributed by atoms with Gasteiger partial charge in [0.2, 0.25) is 22.5 Å². The van der Waals surface area contributed by atoms with Crippen molar-refractivity contribution in [2.24, 2.45) is 17.8 Å². The highest BCUT2D eigenvalue weighted by molar-refractivity contribution is 7.89. The number of piperazine rings is 1. The lowest BCUT2D eigenvalue weighted by Gasteiger charge is -2.35. The summed E-state index contributed by atoms with van der Waals surface area (Å²) in [6.45, 7) is 0.820. The molecule has 33 heavy (non-hydrogen) atoms. The number of carbonyl (C=O) groups is 2. The molecule has 1 heterocycles. The molecule has 1 aromatic rings. The Morgan fingerprint density at radius 1 is 1.18 bits per heavy atom. The average molecular weight is 491 g/mol. The minimum Gasteiger partial charge on any atom is -0.340 e. The number of benzene rings is 1. The second-order valence-corrected chi connectivity index (χ2v) is 10.3. The van der Waals surface area contributed by atoms with E-state index >= 15 is 0 Å². The smallest absolute Gasteiger partial charge is 0.340 e. The molecule has 0 aromatic heterocycles. The Kier molecular flexibility index (Phi) is 7.13. The van der Waals surface area contributed by atoms with Crippen molar-refractivity contribution in [1.82, 2.24) is 9.21 Å². The number of halogens is 3. The Morgan fingerprint density at radius 3 is 2.36 bits per heavy atom. The van der Waals surface area contributed by atoms with Crippen molar-refractivity contribution in [3.05, 3.63) is 39.9 Å². The molecule has 3 atom stereocenters. The fourth-order valence-electron chi connectivity index (χ4n) is 4.56. The van der Waals surface area contributed by atoms with Crippen LogP contribution < -0.4 is 0 Å². The van der Waals surface area contributed by atoms with Crippen molar-refractivity contribution in [3.63, 3.8) is 0 Å². The normalized spacial score (nSPS) is 24.8. The number of ketones is 1. The van der Waals surface area contributed by atoms with Crippen molar-refractivity contribution in [3.8, 4) is 0 Å². The summed E-state index contributed by atoms with van der Waals surface area (Å²) in [5.41, 5.74) is -1.26. The van der Waals surface area contributed by atoms with Gasteiger partial charge in [0.05, 0.1) is 10.5 Å². The lowest BCUT2D eigenvalue weighted by Crippen LogP contribution is -2.51. The zero-order valence-electron chi connectivity index (χ0n) is 17.8. The molecule has 0 radical (unpaired) electrons. The van der Waals surface area contributed by atoms with Gasteiger partial charge in [-0.3, -0.25) is 19.7 Å². The number of nitrogens with zero attached hydrogens (tertiary/aromatic N) is 3. The van der Waals surface area contributed by atoms with Crippen molar-refractivity contribution in [1.29, 1.82) is 0 Å². The summed E-state index contributed by atoms with van der Waals surface area (Å²) >= 11 is 0. The predicted molar refractivity (Wildman–Crippen MR) is 109 cm³/mol. The van der Waals surface area contributed by atoms with Crippen LogP contribution in [-0.2, 0) is 25.8 Å². The molecular formula is C20H24F3N3O6S. The van der Waals surface area contributed by atoms with Gasteiger partial charge < -0.3 is 4.90 Å². The molecule has 1 aliphatic heterocycles. The number of amides is 1. The van der Waals surface area contributed by atoms with E-state index in [0.29, 0.717) is 6.07 Å². The molecule has 0 N–H and O–H groups in total. The van der Waals surface area contributed by atoms with Gasteiger partial charge in [0.1, 0.15) is 5.78 Å². The number of hydrogen-bond acceptors (Lipinski definition) is 6. The monoisotopic (exact) mass is 491 g/mol. The Morgan fingerprint density at radius 2 is 1.79 bits per heavy atom. The van der Waals surface area contributed by atoms with Crippen LogP contribution in [0.4, 0.5) is 13.2 Å². The van der Waals surface area contributed by atoms with Crippen LogP contribution in [0, 0.1) is 27.9 Å². The number of sulfonamides is 1. The Hall–Kier alpha value is -2.54. The number of rotatable bonds is 6. The second-order valence-electron chi connectivity index (χ2n) is 8.42. The van der Waals surface area contributed by atoms with Gasteiger partial charge in [-0.15, -0.1) is 0 Å². The van der Waals surface area contributed by atoms with Crippen LogP contribution >= 0.6 is 0 Å². The molecule has 2 aliphatic rings. The predicted octanol–water partition coefficient (Wildman–Crippen LogP) is 2.05. The fourth-order valence-corrected chi connectivity index (χ4v) is 6.19. The second kappa shape index (κ2) is 9.37. The first-order valence-electron chi connectivity index (χ1n) is 10.4. The number of carbonyl (C=O) groups excluding carboxylic acids is 2. The van der Waals surface area contributed by atoms with E-state index in [-0.39, 0.29) is 50.7 Å². The van der Waals surface area contributed by atoms with Crippen LogP contribution in [0.2, 0.25) is 0 Å². The third-order valence-corrected chi connectivity index (χ3v) is 8.30. The van der Waals surface area contributed by atoms with Crippen molar-refractivity contribution >= 4 is 21.7 Å². The van der Waals surface area contributed by atoms with E-state index < -0.39 is 55.9 Å². The molecule has 182 valence electrons. The highest BCUT2D eigenvalue weighted by atomic mass is 32.2. The van der Waals surface area contributed by atoms with Crippen LogP contribution in [0.5, 0.6) is 0 Å². The molecular weight excluding hydrogens is 467 g/mol. The summed E-state index contributed by atoms with van der Waals surface area (Å²) in [6.07, 6.45) is -4.88. The van der Waals surface area contributed by atoms with E-state index in [1.165, 1.54) is 11.0 Å². The summed E-state index contributed by atoms with van der Waals surface area (Å²) in [7, 11) is -4.44. The van der Waals surface area contributed by atoms with Crippen LogP contribution in [0.3, 0.4) is 0 Å². The number of nitro groups is 1. The minimum atomic E-state index is -4.84. The van der Waals surface area contributed by atoms with E-state index in [4.69, 9.17) is 0 Å². The molecule has 0 unspecified atom stereocenters. The zero-order chi connectivity index (χ0) is 24.6. The number of Topliss-reactive ketones (excluding diaryl/α,β-unsaturated/α-hetero) is 1. The molecule has 1 aromatic carbocycles. The standard InChI is InChI=1S/C20H24F3N3O6S/c1-13-10-17(27)14(15(13)12-26(29)30)11-19(28)24-6-8-25(9-7-24)33(31,32)18-5-3-2-4-16(18)20(21,22)23/h2-5,13-15H,6-12H2,1H3/t13-,14+,15+/m1/s1. The van der Waals surface area contributed by atoms with E-state index in [9.17, 15) is 41.3 Å². The van der Waals surface area contributed by atoms with Gasteiger partial charge in [-0.2, -0.15) is 17.5 Å². The molecule has 9 nitrogen and oxygen atoms in total. The zero-order valence-corrected chi connectivity index (χ0v) is 18.6. The van der Waals surface area contributed by atoms with Crippen molar-refractivity contribution in [2.45, 2.75) is 30.8 Å². The topological polar surface area (TPSA) is 118 Å². The minimum absolute atomic E-state index is 0.0530. The molecule has 2 fully saturated rings. The van der Waals surface area contributed by atoms with Crippen molar-refractivity contribution < 1.29 is 36.1 Å². The first-order chi connectivity index (χ1) is 15.3. The third kappa shape index (κ3) is 5.35. The highest BCUT2D eigenvalue weighted by Crippen LogP contribution is 2.37. The SMILES string of the molecule is C[C@@H]1CC(=O)[C@@H](CC(=O)N2CCN(S(=O)(=O)c3ccccc3C(F)(F)F)CC2)[C@H]1C[N+](=O)[O-]. The Bertz CT molecular complexity index is 1040. The van der Waals surface area contributed by atoms with E-state index in [2.05, 4.69) is 0 Å². The van der Waals surface area contributed by atoms with Gasteiger partial charge in [-0.1, -0.05) is 19.1 Å². The molecule has 1 saturated carbocycles. The molecule has 1 amide bonds. The summed E-state index contributed by atoms with van der Waals surface area (Å²) < 4.78 is 66.4. The summed E-state index contributed by atoms with van der Waals surface area (Å²) in [6, 6.07) is 3.92. The average Bonchev–Trinajstić information content (AvgIpc) is 2.99. The lowest BCUT2D eigenvalue weighted by atomic mass is 9.87. The van der Waals surface area contributed by atoms with Crippen LogP contribution in [0.25, 0.3) is 0 Å². The molecule has 0 spiro atoms. The van der Waals surface area contributed by atoms with Gasteiger partial charge in [-0.05, 0) is 18.1 Å². The summed E-state index contributed by atoms with van der Waals surface area (Å²) in [4.78, 5) is 36.0. The molecule has 1 aliphatic carbocycles. The van der Waals surface area contributed by atoms with Crippen molar-refractivity contribution in [2.75, 3.05) is 32.7 Å². The van der Waals surface area contributed by atoms with E-state index in [0.717, 1.165) is 16.4 Å². The maximum Gasteiger partial charge on any atom is 0.417 e. The first-order valence-corrected chi connectivity index (χ1v) is 11.8. The van der Waals surface area contributed by atoms with Gasteiger partial charge in [0.25, 0.3) is 0 Å². The molecule has 1 saturated heterocycles. The largest absolute Gasteiger partial charge is 0.417 e. The lowest BCUT2D eigenvalue weighted by molar-refractivity contribution is -0.490. The highest BCUT2D eigenvalue weighted by Gasteiger charge is 2.45. The maximum atomic E-state index is 13.3. The fraction of sp³-hybridized carbons (Fsp3) is 0.600. The van der Waals surface area contributed by atoms with Crippen LogP contribution in [0.15, 0.2) is 29.2 Å². The Labute approximate surface area is 188 Å². The van der Waals surface area contributed by atoms with Gasteiger partial charge in [0.15, 0.2) is 0 Å². The molecule has 13 heteroatoms. The van der Waals surface area contributed by atoms with Gasteiger partial charge in [-0.25, -0.2) is 8.42 Å². The van der Waals surface area contributed by atoms with Gasteiger partial charge >= 0.3 is 6.18 Å². The molecule has 3 rings (SSSR count).